The van der Waals surface area contributed by atoms with Crippen molar-refractivity contribution in [3.8, 4) is 5.75 Å². The molecule has 0 aliphatic rings. The Morgan fingerprint density at radius 1 is 1.11 bits per heavy atom. The Labute approximate surface area is 117 Å². The lowest BCUT2D eigenvalue weighted by Gasteiger charge is -2.07. The number of carbonyl (C=O) groups excluding carboxylic acids is 1. The molecule has 0 aliphatic heterocycles. The summed E-state index contributed by atoms with van der Waals surface area (Å²) < 4.78 is 5.38. The smallest absolute Gasteiger partial charge is 0.194 e. The molecule has 0 radical (unpaired) electrons. The van der Waals surface area contributed by atoms with Gasteiger partial charge in [0.05, 0.1) is 6.61 Å². The number of rotatable bonds is 5. The summed E-state index contributed by atoms with van der Waals surface area (Å²) in [6, 6.07) is 14.9. The molecule has 2 rings (SSSR count). The molecule has 2 aromatic carbocycles. The highest BCUT2D eigenvalue weighted by Gasteiger charge is 2.12. The van der Waals surface area contributed by atoms with Gasteiger partial charge in [-0.1, -0.05) is 12.1 Å². The van der Waals surface area contributed by atoms with E-state index >= 15 is 0 Å². The fourth-order valence-electron chi connectivity index (χ4n) is 1.86. The number of carbonyl (C=O) groups is 1. The van der Waals surface area contributed by atoms with Gasteiger partial charge in [-0.05, 0) is 49.6 Å². The quantitative estimate of drug-likeness (QED) is 0.607. The molecule has 0 atom stereocenters. The van der Waals surface area contributed by atoms with Crippen LogP contribution in [0.4, 0.5) is 0 Å². The Kier molecular flexibility index (Phi) is 4.63. The van der Waals surface area contributed by atoms with E-state index in [1.165, 1.54) is 0 Å². The van der Waals surface area contributed by atoms with Gasteiger partial charge in [-0.15, -0.1) is 11.8 Å². The van der Waals surface area contributed by atoms with Crippen LogP contribution in [0.25, 0.3) is 0 Å². The van der Waals surface area contributed by atoms with Gasteiger partial charge >= 0.3 is 0 Å². The average molecular weight is 272 g/mol. The summed E-state index contributed by atoms with van der Waals surface area (Å²) in [5.74, 6) is 0.838. The third kappa shape index (κ3) is 3.18. The van der Waals surface area contributed by atoms with Gasteiger partial charge in [0.25, 0.3) is 0 Å². The molecule has 19 heavy (non-hydrogen) atoms. The van der Waals surface area contributed by atoms with Gasteiger partial charge in [0.2, 0.25) is 0 Å². The molecule has 0 spiro atoms. The zero-order chi connectivity index (χ0) is 13.7. The summed E-state index contributed by atoms with van der Waals surface area (Å²) in [6.07, 6.45) is 1.98. The number of hydrogen-bond donors (Lipinski definition) is 0. The van der Waals surface area contributed by atoms with Crippen molar-refractivity contribution in [3.05, 3.63) is 59.7 Å². The van der Waals surface area contributed by atoms with E-state index in [0.717, 1.165) is 16.2 Å². The predicted molar refractivity (Wildman–Crippen MR) is 79.3 cm³/mol. The molecule has 0 N–H and O–H groups in total. The van der Waals surface area contributed by atoms with Crippen molar-refractivity contribution in [2.75, 3.05) is 12.9 Å². The highest BCUT2D eigenvalue weighted by atomic mass is 32.2. The van der Waals surface area contributed by atoms with Crippen LogP contribution in [0, 0.1) is 0 Å². The first-order valence-corrected chi connectivity index (χ1v) is 7.39. The largest absolute Gasteiger partial charge is 0.494 e. The van der Waals surface area contributed by atoms with Crippen molar-refractivity contribution in [1.82, 2.24) is 0 Å². The zero-order valence-electron chi connectivity index (χ0n) is 11.1. The van der Waals surface area contributed by atoms with Gasteiger partial charge in [-0.2, -0.15) is 0 Å². The summed E-state index contributed by atoms with van der Waals surface area (Å²) >= 11 is 1.58. The normalized spacial score (nSPS) is 10.2. The highest BCUT2D eigenvalue weighted by molar-refractivity contribution is 7.98. The predicted octanol–water partition coefficient (Wildman–Crippen LogP) is 4.04. The molecule has 0 saturated heterocycles. The molecular formula is C16H16O2S. The monoisotopic (exact) mass is 272 g/mol. The molecular weight excluding hydrogens is 256 g/mol. The van der Waals surface area contributed by atoms with E-state index in [9.17, 15) is 4.79 Å². The van der Waals surface area contributed by atoms with Crippen LogP contribution >= 0.6 is 11.8 Å². The maximum Gasteiger partial charge on any atom is 0.194 e. The van der Waals surface area contributed by atoms with Gasteiger partial charge in [-0.3, -0.25) is 4.79 Å². The SMILES string of the molecule is CCOc1ccc(C(=O)c2ccccc2SC)cc1. The molecule has 3 heteroatoms. The van der Waals surface area contributed by atoms with E-state index in [2.05, 4.69) is 0 Å². The van der Waals surface area contributed by atoms with E-state index in [1.807, 2.05) is 61.7 Å². The van der Waals surface area contributed by atoms with Gasteiger partial charge in [0.1, 0.15) is 5.75 Å². The minimum absolute atomic E-state index is 0.0491. The number of hydrogen-bond acceptors (Lipinski definition) is 3. The van der Waals surface area contributed by atoms with E-state index in [0.29, 0.717) is 12.2 Å². The molecule has 0 heterocycles. The van der Waals surface area contributed by atoms with Crippen molar-refractivity contribution < 1.29 is 9.53 Å². The lowest BCUT2D eigenvalue weighted by Crippen LogP contribution is -2.03. The van der Waals surface area contributed by atoms with Crippen molar-refractivity contribution >= 4 is 17.5 Å². The second-order valence-electron chi connectivity index (χ2n) is 3.99. The van der Waals surface area contributed by atoms with E-state index < -0.39 is 0 Å². The van der Waals surface area contributed by atoms with Gasteiger partial charge in [-0.25, -0.2) is 0 Å². The van der Waals surface area contributed by atoms with Crippen molar-refractivity contribution in [3.63, 3.8) is 0 Å². The van der Waals surface area contributed by atoms with Crippen LogP contribution in [0.3, 0.4) is 0 Å². The molecule has 2 aromatic rings. The van der Waals surface area contributed by atoms with Gasteiger partial charge < -0.3 is 4.74 Å². The van der Waals surface area contributed by atoms with Gasteiger partial charge in [0.15, 0.2) is 5.78 Å². The molecule has 0 unspecified atom stereocenters. The number of benzene rings is 2. The highest BCUT2D eigenvalue weighted by Crippen LogP contribution is 2.23. The maximum absolute atomic E-state index is 12.4. The lowest BCUT2D eigenvalue weighted by molar-refractivity contribution is 0.103. The maximum atomic E-state index is 12.4. The number of ether oxygens (including phenoxy) is 1. The summed E-state index contributed by atoms with van der Waals surface area (Å²) in [5, 5.41) is 0. The van der Waals surface area contributed by atoms with Gasteiger partial charge in [0, 0.05) is 16.0 Å². The Bertz CT molecular complexity index is 561. The first-order chi connectivity index (χ1) is 9.26. The summed E-state index contributed by atoms with van der Waals surface area (Å²) in [5.41, 5.74) is 1.43. The summed E-state index contributed by atoms with van der Waals surface area (Å²) in [7, 11) is 0. The fourth-order valence-corrected chi connectivity index (χ4v) is 2.45. The van der Waals surface area contributed by atoms with Crippen LogP contribution in [-0.4, -0.2) is 18.6 Å². The molecule has 0 bridgehead atoms. The Morgan fingerprint density at radius 2 is 1.79 bits per heavy atom. The Hall–Kier alpha value is -1.74. The molecule has 0 aromatic heterocycles. The number of ketones is 1. The minimum atomic E-state index is 0.0491. The van der Waals surface area contributed by atoms with Crippen LogP contribution in [0.2, 0.25) is 0 Å². The molecule has 0 fully saturated rings. The van der Waals surface area contributed by atoms with E-state index in [1.54, 1.807) is 11.8 Å². The molecule has 98 valence electrons. The molecule has 0 aliphatic carbocycles. The topological polar surface area (TPSA) is 26.3 Å². The zero-order valence-corrected chi connectivity index (χ0v) is 11.9. The molecule has 0 amide bonds. The second kappa shape index (κ2) is 6.43. The Morgan fingerprint density at radius 3 is 2.42 bits per heavy atom. The molecule has 0 saturated carbocycles. The second-order valence-corrected chi connectivity index (χ2v) is 4.83. The first-order valence-electron chi connectivity index (χ1n) is 6.17. The third-order valence-corrected chi connectivity index (χ3v) is 3.57. The first kappa shape index (κ1) is 13.7. The van der Waals surface area contributed by atoms with Crippen LogP contribution in [-0.2, 0) is 0 Å². The fraction of sp³-hybridized carbons (Fsp3) is 0.188. The van der Waals surface area contributed by atoms with Crippen LogP contribution in [0.15, 0.2) is 53.4 Å². The van der Waals surface area contributed by atoms with Crippen LogP contribution in [0.1, 0.15) is 22.8 Å². The average Bonchev–Trinajstić information content (AvgIpc) is 2.47. The van der Waals surface area contributed by atoms with Crippen molar-refractivity contribution in [2.24, 2.45) is 0 Å². The minimum Gasteiger partial charge on any atom is -0.494 e. The molecule has 2 nitrogen and oxygen atoms in total. The third-order valence-electron chi connectivity index (χ3n) is 2.78. The van der Waals surface area contributed by atoms with Crippen LogP contribution < -0.4 is 4.74 Å². The summed E-state index contributed by atoms with van der Waals surface area (Å²) in [6.45, 7) is 2.57. The standard InChI is InChI=1S/C16H16O2S/c1-3-18-13-10-8-12(9-11-13)16(17)14-6-4-5-7-15(14)19-2/h4-11H,3H2,1-2H3. The van der Waals surface area contributed by atoms with Crippen LogP contribution in [0.5, 0.6) is 5.75 Å². The van der Waals surface area contributed by atoms with E-state index in [4.69, 9.17) is 4.74 Å². The Balaban J connectivity index is 2.28. The van der Waals surface area contributed by atoms with E-state index in [-0.39, 0.29) is 5.78 Å². The van der Waals surface area contributed by atoms with Crippen molar-refractivity contribution in [1.29, 1.82) is 0 Å². The lowest BCUT2D eigenvalue weighted by atomic mass is 10.0. The number of thioether (sulfide) groups is 1. The van der Waals surface area contributed by atoms with Crippen molar-refractivity contribution in [2.45, 2.75) is 11.8 Å². The summed E-state index contributed by atoms with van der Waals surface area (Å²) in [4.78, 5) is 13.4.